The molecule has 1 aromatic carbocycles. The summed E-state index contributed by atoms with van der Waals surface area (Å²) in [5.41, 5.74) is 9.05. The summed E-state index contributed by atoms with van der Waals surface area (Å²) in [7, 11) is 0. The number of hydrogen-bond acceptors (Lipinski definition) is 3. The molecule has 5 nitrogen and oxygen atoms in total. The van der Waals surface area contributed by atoms with Crippen LogP contribution in [0.4, 0.5) is 0 Å². The van der Waals surface area contributed by atoms with Crippen LogP contribution in [0.15, 0.2) is 18.2 Å². The van der Waals surface area contributed by atoms with Crippen LogP contribution in [0.25, 0.3) is 5.69 Å². The van der Waals surface area contributed by atoms with Crippen molar-refractivity contribution in [1.82, 2.24) is 15.1 Å². The van der Waals surface area contributed by atoms with Crippen LogP contribution >= 0.6 is 35.6 Å². The Morgan fingerprint density at radius 2 is 2.00 bits per heavy atom. The molecule has 27 heavy (non-hydrogen) atoms. The van der Waals surface area contributed by atoms with Gasteiger partial charge in [0.05, 0.1) is 33.4 Å². The first-order valence-electron chi connectivity index (χ1n) is 8.77. The average Bonchev–Trinajstić information content (AvgIpc) is 3.41. The molecule has 0 aliphatic heterocycles. The highest BCUT2D eigenvalue weighted by Gasteiger charge is 2.41. The van der Waals surface area contributed by atoms with Crippen molar-refractivity contribution in [2.24, 2.45) is 11.7 Å². The first kappa shape index (κ1) is 22.0. The summed E-state index contributed by atoms with van der Waals surface area (Å²) in [6.45, 7) is 6.34. The molecule has 1 aliphatic carbocycles. The second-order valence-electron chi connectivity index (χ2n) is 7.28. The van der Waals surface area contributed by atoms with Crippen molar-refractivity contribution in [3.05, 3.63) is 45.2 Å². The number of aromatic nitrogens is 2. The van der Waals surface area contributed by atoms with Crippen LogP contribution < -0.4 is 11.1 Å². The van der Waals surface area contributed by atoms with E-state index < -0.39 is 0 Å². The van der Waals surface area contributed by atoms with Gasteiger partial charge < -0.3 is 11.1 Å². The number of amides is 1. The van der Waals surface area contributed by atoms with Crippen LogP contribution in [0.1, 0.15) is 36.7 Å². The summed E-state index contributed by atoms with van der Waals surface area (Å²) in [6, 6.07) is 5.37. The number of carbonyl (C=O) groups is 1. The predicted octanol–water partition coefficient (Wildman–Crippen LogP) is 4.00. The quantitative estimate of drug-likeness (QED) is 0.726. The molecule has 1 heterocycles. The second-order valence-corrected chi connectivity index (χ2v) is 8.09. The Bertz CT molecular complexity index is 848. The molecule has 1 fully saturated rings. The van der Waals surface area contributed by atoms with Crippen molar-refractivity contribution in [1.29, 1.82) is 0 Å². The highest BCUT2D eigenvalue weighted by atomic mass is 35.5. The van der Waals surface area contributed by atoms with Crippen LogP contribution in [0.2, 0.25) is 10.0 Å². The van der Waals surface area contributed by atoms with E-state index >= 15 is 0 Å². The third kappa shape index (κ3) is 4.60. The number of halogens is 3. The van der Waals surface area contributed by atoms with E-state index in [0.29, 0.717) is 22.5 Å². The minimum absolute atomic E-state index is 0. The molecule has 3 rings (SSSR count). The van der Waals surface area contributed by atoms with Gasteiger partial charge in [0.2, 0.25) is 5.91 Å². The molecule has 3 N–H and O–H groups in total. The smallest absolute Gasteiger partial charge is 0.225 e. The fourth-order valence-electron chi connectivity index (χ4n) is 3.36. The molecule has 1 atom stereocenters. The van der Waals surface area contributed by atoms with Gasteiger partial charge in [-0.3, -0.25) is 4.79 Å². The third-order valence-electron chi connectivity index (χ3n) is 5.25. The standard InChI is InChI=1S/C19H24Cl2N4O.ClH/c1-11-15(9-18(26)23-19(3,10-22)13-4-5-13)12(2)25(24-11)14-6-7-16(20)17(21)8-14;/h6-8,13H,4-5,9-10,22H2,1-3H3,(H,23,26);1H. The van der Waals surface area contributed by atoms with E-state index in [1.807, 2.05) is 26.8 Å². The van der Waals surface area contributed by atoms with Gasteiger partial charge in [-0.25, -0.2) is 4.68 Å². The van der Waals surface area contributed by atoms with E-state index in [1.165, 1.54) is 0 Å². The molecule has 0 radical (unpaired) electrons. The van der Waals surface area contributed by atoms with E-state index in [1.54, 1.807) is 16.8 Å². The Balaban J connectivity index is 0.00000261. The first-order chi connectivity index (χ1) is 12.2. The van der Waals surface area contributed by atoms with Crippen molar-refractivity contribution in [2.75, 3.05) is 6.54 Å². The van der Waals surface area contributed by atoms with Gasteiger partial charge in [-0.05, 0) is 57.7 Å². The topological polar surface area (TPSA) is 72.9 Å². The summed E-state index contributed by atoms with van der Waals surface area (Å²) in [5, 5.41) is 8.68. The molecule has 1 aliphatic rings. The van der Waals surface area contributed by atoms with Crippen LogP contribution in [0.3, 0.4) is 0 Å². The molecule has 1 amide bonds. The Morgan fingerprint density at radius 1 is 1.33 bits per heavy atom. The van der Waals surface area contributed by atoms with E-state index in [0.717, 1.165) is 35.5 Å². The van der Waals surface area contributed by atoms with Gasteiger partial charge in [-0.1, -0.05) is 23.2 Å². The lowest BCUT2D eigenvalue weighted by molar-refractivity contribution is -0.122. The number of nitrogens with zero attached hydrogens (tertiary/aromatic N) is 2. The fraction of sp³-hybridized carbons (Fsp3) is 0.474. The van der Waals surface area contributed by atoms with Gasteiger partial charge in [0.1, 0.15) is 0 Å². The minimum Gasteiger partial charge on any atom is -0.349 e. The summed E-state index contributed by atoms with van der Waals surface area (Å²) < 4.78 is 1.79. The molecule has 148 valence electrons. The number of carbonyl (C=O) groups excluding carboxylic acids is 1. The average molecular weight is 432 g/mol. The number of rotatable bonds is 6. The molecular weight excluding hydrogens is 407 g/mol. The Labute approximate surface area is 176 Å². The van der Waals surface area contributed by atoms with Crippen molar-refractivity contribution >= 4 is 41.5 Å². The Hall–Kier alpha value is -1.27. The van der Waals surface area contributed by atoms with Gasteiger partial charge in [-0.2, -0.15) is 5.10 Å². The highest BCUT2D eigenvalue weighted by Crippen LogP contribution is 2.39. The van der Waals surface area contributed by atoms with Gasteiger partial charge in [0.25, 0.3) is 0 Å². The lowest BCUT2D eigenvalue weighted by atomic mass is 9.95. The zero-order valence-electron chi connectivity index (χ0n) is 15.7. The molecule has 0 spiro atoms. The van der Waals surface area contributed by atoms with Gasteiger partial charge in [0, 0.05) is 17.8 Å². The molecule has 0 bridgehead atoms. The zero-order valence-corrected chi connectivity index (χ0v) is 18.0. The Morgan fingerprint density at radius 3 is 2.56 bits per heavy atom. The maximum absolute atomic E-state index is 12.6. The van der Waals surface area contributed by atoms with E-state index in [-0.39, 0.29) is 30.3 Å². The molecule has 0 saturated heterocycles. The first-order valence-corrected chi connectivity index (χ1v) is 9.52. The summed E-state index contributed by atoms with van der Waals surface area (Å²) in [6.07, 6.45) is 2.53. The molecular formula is C19H25Cl3N4O. The maximum atomic E-state index is 12.6. The van der Waals surface area contributed by atoms with E-state index in [2.05, 4.69) is 10.4 Å². The summed E-state index contributed by atoms with van der Waals surface area (Å²) in [5.74, 6) is 0.460. The predicted molar refractivity (Wildman–Crippen MR) is 112 cm³/mol. The van der Waals surface area contributed by atoms with Crippen molar-refractivity contribution < 1.29 is 4.79 Å². The monoisotopic (exact) mass is 430 g/mol. The lowest BCUT2D eigenvalue weighted by Gasteiger charge is -2.29. The molecule has 1 unspecified atom stereocenters. The second kappa shape index (κ2) is 8.39. The third-order valence-corrected chi connectivity index (χ3v) is 5.99. The van der Waals surface area contributed by atoms with Crippen LogP contribution in [0, 0.1) is 19.8 Å². The minimum atomic E-state index is -0.321. The largest absolute Gasteiger partial charge is 0.349 e. The number of benzene rings is 1. The zero-order chi connectivity index (χ0) is 19.1. The normalized spacial score (nSPS) is 15.8. The van der Waals surface area contributed by atoms with E-state index in [4.69, 9.17) is 28.9 Å². The lowest BCUT2D eigenvalue weighted by Crippen LogP contribution is -2.53. The summed E-state index contributed by atoms with van der Waals surface area (Å²) >= 11 is 12.1. The number of nitrogens with two attached hydrogens (primary N) is 1. The fourth-order valence-corrected chi connectivity index (χ4v) is 3.65. The number of hydrogen-bond donors (Lipinski definition) is 2. The van der Waals surface area contributed by atoms with Crippen molar-refractivity contribution in [3.63, 3.8) is 0 Å². The SMILES string of the molecule is Cc1nn(-c2ccc(Cl)c(Cl)c2)c(C)c1CC(=O)NC(C)(CN)C1CC1.Cl. The Kier molecular flexibility index (Phi) is 6.85. The van der Waals surface area contributed by atoms with Gasteiger partial charge in [0.15, 0.2) is 0 Å². The molecule has 1 saturated carbocycles. The van der Waals surface area contributed by atoms with Crippen molar-refractivity contribution in [3.8, 4) is 5.69 Å². The summed E-state index contributed by atoms with van der Waals surface area (Å²) in [4.78, 5) is 12.6. The van der Waals surface area contributed by atoms with Crippen molar-refractivity contribution in [2.45, 2.75) is 45.6 Å². The number of aryl methyl sites for hydroxylation is 1. The molecule has 1 aromatic heterocycles. The number of nitrogens with one attached hydrogen (secondary N) is 1. The maximum Gasteiger partial charge on any atom is 0.225 e. The van der Waals surface area contributed by atoms with Gasteiger partial charge >= 0.3 is 0 Å². The van der Waals surface area contributed by atoms with Crippen LogP contribution in [-0.4, -0.2) is 27.8 Å². The van der Waals surface area contributed by atoms with Crippen LogP contribution in [-0.2, 0) is 11.2 Å². The van der Waals surface area contributed by atoms with Gasteiger partial charge in [-0.15, -0.1) is 12.4 Å². The van der Waals surface area contributed by atoms with Crippen LogP contribution in [0.5, 0.6) is 0 Å². The molecule has 8 heteroatoms. The highest BCUT2D eigenvalue weighted by molar-refractivity contribution is 6.42. The molecule has 2 aromatic rings. The van der Waals surface area contributed by atoms with E-state index in [9.17, 15) is 4.79 Å².